The van der Waals surface area contributed by atoms with Crippen LogP contribution in [0.5, 0.6) is 0 Å². The average molecular weight is 276 g/mol. The molecule has 0 aliphatic rings. The van der Waals surface area contributed by atoms with Gasteiger partial charge in [0.1, 0.15) is 5.82 Å². The first-order valence-electron chi connectivity index (χ1n) is 5.77. The normalized spacial score (nSPS) is 11.2. The molecule has 0 saturated heterocycles. The molecule has 0 bridgehead atoms. The predicted molar refractivity (Wildman–Crippen MR) is 64.0 cm³/mol. The third-order valence-corrected chi connectivity index (χ3v) is 2.37. The molecule has 4 nitrogen and oxygen atoms in total. The van der Waals surface area contributed by atoms with Gasteiger partial charge in [0, 0.05) is 19.2 Å². The molecular formula is C12H15F3N2O2. The minimum atomic E-state index is -4.11. The minimum absolute atomic E-state index is 0.0627. The van der Waals surface area contributed by atoms with Crippen LogP contribution in [-0.4, -0.2) is 30.8 Å². The summed E-state index contributed by atoms with van der Waals surface area (Å²) in [6.45, 7) is 0.369. The standard InChI is InChI=1S/C12H15F3N2O2/c1-19-11(18)9-4-7-17-10(8-9)16-6-3-2-5-12(13,14)15/h4,7-8H,2-3,5-6H2,1H3,(H,16,17). The lowest BCUT2D eigenvalue weighted by Crippen LogP contribution is -2.09. The quantitative estimate of drug-likeness (QED) is 0.641. The third-order valence-electron chi connectivity index (χ3n) is 2.37. The molecule has 0 aliphatic heterocycles. The molecule has 1 aromatic heterocycles. The summed E-state index contributed by atoms with van der Waals surface area (Å²) in [6, 6.07) is 3.00. The molecule has 0 aromatic carbocycles. The summed E-state index contributed by atoms with van der Waals surface area (Å²) in [7, 11) is 1.27. The van der Waals surface area contributed by atoms with Crippen LogP contribution in [0.3, 0.4) is 0 Å². The molecular weight excluding hydrogens is 261 g/mol. The number of rotatable bonds is 6. The average Bonchev–Trinajstić information content (AvgIpc) is 2.36. The highest BCUT2D eigenvalue weighted by atomic mass is 19.4. The van der Waals surface area contributed by atoms with Crippen molar-refractivity contribution in [3.63, 3.8) is 0 Å². The molecule has 0 fully saturated rings. The van der Waals surface area contributed by atoms with E-state index in [0.717, 1.165) is 0 Å². The number of hydrogen-bond donors (Lipinski definition) is 1. The van der Waals surface area contributed by atoms with Crippen molar-refractivity contribution >= 4 is 11.8 Å². The van der Waals surface area contributed by atoms with E-state index in [2.05, 4.69) is 15.0 Å². The molecule has 0 spiro atoms. The van der Waals surface area contributed by atoms with Crippen LogP contribution in [0.25, 0.3) is 0 Å². The zero-order chi connectivity index (χ0) is 14.3. The lowest BCUT2D eigenvalue weighted by molar-refractivity contribution is -0.135. The fraction of sp³-hybridized carbons (Fsp3) is 0.500. The summed E-state index contributed by atoms with van der Waals surface area (Å²) in [4.78, 5) is 15.2. The van der Waals surface area contributed by atoms with E-state index < -0.39 is 18.6 Å². The Hall–Kier alpha value is -1.79. The van der Waals surface area contributed by atoms with Gasteiger partial charge in [-0.1, -0.05) is 0 Å². The van der Waals surface area contributed by atoms with E-state index in [4.69, 9.17) is 0 Å². The Kier molecular flexibility index (Phi) is 5.59. The van der Waals surface area contributed by atoms with E-state index in [1.807, 2.05) is 0 Å². The summed E-state index contributed by atoms with van der Waals surface area (Å²) in [6.07, 6.45) is -3.02. The Morgan fingerprint density at radius 1 is 1.42 bits per heavy atom. The number of carbonyl (C=O) groups is 1. The second-order valence-corrected chi connectivity index (χ2v) is 3.92. The van der Waals surface area contributed by atoms with E-state index in [1.54, 1.807) is 0 Å². The van der Waals surface area contributed by atoms with Gasteiger partial charge >= 0.3 is 12.1 Å². The number of methoxy groups -OCH3 is 1. The fourth-order valence-electron chi connectivity index (χ4n) is 1.44. The third kappa shape index (κ3) is 6.08. The number of hydrogen-bond acceptors (Lipinski definition) is 4. The lowest BCUT2D eigenvalue weighted by Gasteiger charge is -2.08. The summed E-state index contributed by atoms with van der Waals surface area (Å²) in [5.41, 5.74) is 0.343. The number of nitrogens with one attached hydrogen (secondary N) is 1. The predicted octanol–water partition coefficient (Wildman–Crippen LogP) is 3.01. The van der Waals surface area contributed by atoms with Gasteiger partial charge in [-0.05, 0) is 25.0 Å². The zero-order valence-electron chi connectivity index (χ0n) is 10.5. The van der Waals surface area contributed by atoms with Gasteiger partial charge < -0.3 is 10.1 Å². The number of pyridine rings is 1. The number of halogens is 3. The molecule has 1 heterocycles. The van der Waals surface area contributed by atoms with Gasteiger partial charge in [-0.15, -0.1) is 0 Å². The number of aromatic nitrogens is 1. The van der Waals surface area contributed by atoms with Gasteiger partial charge in [0.15, 0.2) is 0 Å². The van der Waals surface area contributed by atoms with E-state index in [9.17, 15) is 18.0 Å². The highest BCUT2D eigenvalue weighted by molar-refractivity contribution is 5.89. The van der Waals surface area contributed by atoms with E-state index >= 15 is 0 Å². The molecule has 0 saturated carbocycles. The van der Waals surface area contributed by atoms with Crippen molar-refractivity contribution in [2.24, 2.45) is 0 Å². The second-order valence-electron chi connectivity index (χ2n) is 3.92. The summed E-state index contributed by atoms with van der Waals surface area (Å²) in [5, 5.41) is 2.86. The number of esters is 1. The van der Waals surface area contributed by atoms with Crippen LogP contribution in [0.1, 0.15) is 29.6 Å². The maximum Gasteiger partial charge on any atom is 0.389 e. The van der Waals surface area contributed by atoms with Gasteiger partial charge in [-0.3, -0.25) is 0 Å². The summed E-state index contributed by atoms with van der Waals surface area (Å²) in [5.74, 6) is -0.0440. The molecule has 7 heteroatoms. The van der Waals surface area contributed by atoms with Crippen LogP contribution in [0, 0.1) is 0 Å². The smallest absolute Gasteiger partial charge is 0.389 e. The largest absolute Gasteiger partial charge is 0.465 e. The Balaban J connectivity index is 2.35. The van der Waals surface area contributed by atoms with Crippen molar-refractivity contribution in [2.75, 3.05) is 19.0 Å². The van der Waals surface area contributed by atoms with Gasteiger partial charge in [0.2, 0.25) is 0 Å². The van der Waals surface area contributed by atoms with Crippen LogP contribution < -0.4 is 5.32 Å². The maximum absolute atomic E-state index is 11.9. The number of unbranched alkanes of at least 4 members (excludes halogenated alkanes) is 1. The van der Waals surface area contributed by atoms with Crippen molar-refractivity contribution in [3.05, 3.63) is 23.9 Å². The highest BCUT2D eigenvalue weighted by Gasteiger charge is 2.25. The fourth-order valence-corrected chi connectivity index (χ4v) is 1.44. The number of alkyl halides is 3. The first kappa shape index (κ1) is 15.3. The van der Waals surface area contributed by atoms with Crippen molar-refractivity contribution in [1.82, 2.24) is 4.98 Å². The van der Waals surface area contributed by atoms with E-state index in [1.165, 1.54) is 25.4 Å². The van der Waals surface area contributed by atoms with E-state index in [0.29, 0.717) is 24.3 Å². The number of ether oxygens (including phenoxy) is 1. The number of anilines is 1. The molecule has 0 atom stereocenters. The monoisotopic (exact) mass is 276 g/mol. The Morgan fingerprint density at radius 2 is 2.16 bits per heavy atom. The Labute approximate surface area is 109 Å². The van der Waals surface area contributed by atoms with Crippen LogP contribution in [0.2, 0.25) is 0 Å². The lowest BCUT2D eigenvalue weighted by atomic mass is 10.2. The van der Waals surface area contributed by atoms with Crippen molar-refractivity contribution < 1.29 is 22.7 Å². The molecule has 106 valence electrons. The summed E-state index contributed by atoms with van der Waals surface area (Å²) < 4.78 is 40.3. The first-order valence-corrected chi connectivity index (χ1v) is 5.77. The molecule has 0 amide bonds. The molecule has 0 unspecified atom stereocenters. The topological polar surface area (TPSA) is 51.2 Å². The van der Waals surface area contributed by atoms with Gasteiger partial charge in [-0.2, -0.15) is 13.2 Å². The SMILES string of the molecule is COC(=O)c1ccnc(NCCCCC(F)(F)F)c1. The molecule has 19 heavy (non-hydrogen) atoms. The zero-order valence-corrected chi connectivity index (χ0v) is 10.5. The van der Waals surface area contributed by atoms with Crippen LogP contribution in [-0.2, 0) is 4.74 Å². The van der Waals surface area contributed by atoms with Gasteiger partial charge in [-0.25, -0.2) is 9.78 Å². The molecule has 0 radical (unpaired) electrons. The van der Waals surface area contributed by atoms with Crippen molar-refractivity contribution in [2.45, 2.75) is 25.4 Å². The number of nitrogens with zero attached hydrogens (tertiary/aromatic N) is 1. The molecule has 0 aliphatic carbocycles. The number of carbonyl (C=O) groups excluding carboxylic acids is 1. The summed E-state index contributed by atoms with van der Waals surface area (Å²) >= 11 is 0. The second kappa shape index (κ2) is 6.96. The molecule has 1 aromatic rings. The van der Waals surface area contributed by atoms with E-state index in [-0.39, 0.29) is 6.42 Å². The highest BCUT2D eigenvalue weighted by Crippen LogP contribution is 2.22. The Morgan fingerprint density at radius 3 is 2.79 bits per heavy atom. The van der Waals surface area contributed by atoms with Crippen LogP contribution in [0.4, 0.5) is 19.0 Å². The Bertz CT molecular complexity index is 422. The first-order chi connectivity index (χ1) is 8.92. The molecule has 1 N–H and O–H groups in total. The van der Waals surface area contributed by atoms with Crippen LogP contribution in [0.15, 0.2) is 18.3 Å². The van der Waals surface area contributed by atoms with Gasteiger partial charge in [0.05, 0.1) is 12.7 Å². The molecule has 1 rings (SSSR count). The van der Waals surface area contributed by atoms with Crippen molar-refractivity contribution in [1.29, 1.82) is 0 Å². The van der Waals surface area contributed by atoms with Crippen LogP contribution >= 0.6 is 0 Å². The van der Waals surface area contributed by atoms with Crippen molar-refractivity contribution in [3.8, 4) is 0 Å². The van der Waals surface area contributed by atoms with Gasteiger partial charge in [0.25, 0.3) is 0 Å². The maximum atomic E-state index is 11.9. The minimum Gasteiger partial charge on any atom is -0.465 e.